The van der Waals surface area contributed by atoms with Crippen molar-refractivity contribution in [1.82, 2.24) is 25.7 Å². The average molecular weight is 384 g/mol. The fourth-order valence-corrected chi connectivity index (χ4v) is 4.50. The number of benzene rings is 1. The number of hydrogen-bond donors (Lipinski definition) is 2. The minimum absolute atomic E-state index is 0.149. The molecule has 0 aliphatic carbocycles. The average Bonchev–Trinajstić information content (AvgIpc) is 3.19. The Balaban J connectivity index is 1.35. The lowest BCUT2D eigenvalue weighted by atomic mass is 9.80. The lowest BCUT2D eigenvalue weighted by Gasteiger charge is -2.36. The van der Waals surface area contributed by atoms with Gasteiger partial charge in [0.1, 0.15) is 11.6 Å². The van der Waals surface area contributed by atoms with Gasteiger partial charge in [0.05, 0.1) is 5.69 Å². The molecule has 2 atom stereocenters. The van der Waals surface area contributed by atoms with Crippen LogP contribution < -0.4 is 10.9 Å². The number of piperidine rings is 1. The molecule has 1 aromatic heterocycles. The Hall–Kier alpha value is -1.89. The maximum atomic E-state index is 13.7. The van der Waals surface area contributed by atoms with Gasteiger partial charge in [-0.15, -0.1) is 0 Å². The number of nitrogens with one attached hydrogen (secondary N) is 2. The Bertz CT molecular complexity index is 788. The summed E-state index contributed by atoms with van der Waals surface area (Å²) in [7, 11) is 0. The Morgan fingerprint density at radius 1 is 1.21 bits per heavy atom. The Morgan fingerprint density at radius 2 is 2.04 bits per heavy atom. The molecular formula is C22H30FN5. The number of rotatable bonds is 5. The molecule has 2 aliphatic rings. The lowest BCUT2D eigenvalue weighted by Crippen LogP contribution is -2.44. The van der Waals surface area contributed by atoms with E-state index in [-0.39, 0.29) is 5.82 Å². The zero-order valence-corrected chi connectivity index (χ0v) is 16.7. The highest BCUT2D eigenvalue weighted by molar-refractivity contribution is 5.24. The number of likely N-dealkylation sites (tertiary alicyclic amines) is 1. The molecule has 150 valence electrons. The summed E-state index contributed by atoms with van der Waals surface area (Å²) in [5, 5.41) is 0. The van der Waals surface area contributed by atoms with Crippen LogP contribution >= 0.6 is 0 Å². The van der Waals surface area contributed by atoms with Crippen LogP contribution in [-0.2, 0) is 6.54 Å². The van der Waals surface area contributed by atoms with Crippen LogP contribution in [0.15, 0.2) is 36.5 Å². The fourth-order valence-electron chi connectivity index (χ4n) is 4.50. The van der Waals surface area contributed by atoms with E-state index in [4.69, 9.17) is 4.98 Å². The van der Waals surface area contributed by atoms with Crippen LogP contribution in [0, 0.1) is 11.7 Å². The minimum atomic E-state index is -0.149. The first-order valence-electron chi connectivity index (χ1n) is 10.4. The van der Waals surface area contributed by atoms with Crippen LogP contribution in [0.5, 0.6) is 0 Å². The number of halogens is 1. The molecule has 2 N–H and O–H groups in total. The number of hydrazine groups is 1. The van der Waals surface area contributed by atoms with E-state index in [0.29, 0.717) is 23.8 Å². The van der Waals surface area contributed by atoms with E-state index in [0.717, 1.165) is 56.1 Å². The maximum absolute atomic E-state index is 13.7. The second-order valence-electron chi connectivity index (χ2n) is 8.39. The quantitative estimate of drug-likeness (QED) is 0.830. The zero-order chi connectivity index (χ0) is 19.5. The molecule has 4 rings (SSSR count). The van der Waals surface area contributed by atoms with Crippen molar-refractivity contribution in [3.05, 3.63) is 59.4 Å². The summed E-state index contributed by atoms with van der Waals surface area (Å²) in [4.78, 5) is 11.6. The molecule has 28 heavy (non-hydrogen) atoms. The van der Waals surface area contributed by atoms with Crippen LogP contribution in [0.1, 0.15) is 55.6 Å². The van der Waals surface area contributed by atoms with E-state index in [1.54, 1.807) is 6.07 Å². The highest BCUT2D eigenvalue weighted by Gasteiger charge is 2.36. The van der Waals surface area contributed by atoms with Crippen molar-refractivity contribution in [2.75, 3.05) is 19.6 Å². The molecule has 2 aromatic rings. The van der Waals surface area contributed by atoms with Crippen LogP contribution in [0.25, 0.3) is 0 Å². The Kier molecular flexibility index (Phi) is 5.99. The van der Waals surface area contributed by atoms with Crippen LogP contribution in [0.2, 0.25) is 0 Å². The lowest BCUT2D eigenvalue weighted by molar-refractivity contribution is 0.150. The standard InChI is InChI=1S/C22H30FN5/c1-15(2)22-24-9-6-19(26-22)14-28-10-7-16(8-11-28)21-20(13-25-27-21)17-4-3-5-18(23)12-17/h3-6,9,12,15-16,20-21,25,27H,7-8,10-11,13-14H2,1-2H3. The highest BCUT2D eigenvalue weighted by atomic mass is 19.1. The van der Waals surface area contributed by atoms with Gasteiger partial charge in [0, 0.05) is 37.2 Å². The van der Waals surface area contributed by atoms with Crippen LogP contribution in [0.3, 0.4) is 0 Å². The minimum Gasteiger partial charge on any atom is -0.297 e. The van der Waals surface area contributed by atoms with Crippen LogP contribution in [-0.4, -0.2) is 40.5 Å². The van der Waals surface area contributed by atoms with Gasteiger partial charge in [-0.25, -0.2) is 14.4 Å². The topological polar surface area (TPSA) is 53.1 Å². The maximum Gasteiger partial charge on any atom is 0.131 e. The van der Waals surface area contributed by atoms with E-state index in [9.17, 15) is 4.39 Å². The van der Waals surface area contributed by atoms with Gasteiger partial charge in [0.25, 0.3) is 0 Å². The molecule has 0 saturated carbocycles. The van der Waals surface area contributed by atoms with E-state index < -0.39 is 0 Å². The first kappa shape index (κ1) is 19.4. The first-order valence-corrected chi connectivity index (χ1v) is 10.4. The summed E-state index contributed by atoms with van der Waals surface area (Å²) >= 11 is 0. The largest absolute Gasteiger partial charge is 0.297 e. The second-order valence-corrected chi connectivity index (χ2v) is 8.39. The molecule has 3 heterocycles. The monoisotopic (exact) mass is 383 g/mol. The summed E-state index contributed by atoms with van der Waals surface area (Å²) < 4.78 is 13.7. The Labute approximate surface area is 166 Å². The molecular weight excluding hydrogens is 353 g/mol. The summed E-state index contributed by atoms with van der Waals surface area (Å²) in [6, 6.07) is 9.45. The molecule has 0 spiro atoms. The van der Waals surface area contributed by atoms with Gasteiger partial charge in [-0.3, -0.25) is 15.8 Å². The van der Waals surface area contributed by atoms with Gasteiger partial charge in [0.15, 0.2) is 0 Å². The van der Waals surface area contributed by atoms with Crippen molar-refractivity contribution >= 4 is 0 Å². The summed E-state index contributed by atoms with van der Waals surface area (Å²) in [5.74, 6) is 2.04. The van der Waals surface area contributed by atoms with Gasteiger partial charge in [0.2, 0.25) is 0 Å². The highest BCUT2D eigenvalue weighted by Crippen LogP contribution is 2.32. The van der Waals surface area contributed by atoms with Crippen molar-refractivity contribution in [3.63, 3.8) is 0 Å². The third-order valence-corrected chi connectivity index (χ3v) is 6.08. The van der Waals surface area contributed by atoms with E-state index in [1.807, 2.05) is 24.4 Å². The molecule has 5 nitrogen and oxygen atoms in total. The van der Waals surface area contributed by atoms with E-state index >= 15 is 0 Å². The smallest absolute Gasteiger partial charge is 0.131 e. The fraction of sp³-hybridized carbons (Fsp3) is 0.545. The molecule has 2 fully saturated rings. The van der Waals surface area contributed by atoms with Gasteiger partial charge < -0.3 is 0 Å². The van der Waals surface area contributed by atoms with Gasteiger partial charge in [-0.1, -0.05) is 26.0 Å². The number of hydrogen-bond acceptors (Lipinski definition) is 5. The second kappa shape index (κ2) is 8.64. The third-order valence-electron chi connectivity index (χ3n) is 6.08. The molecule has 0 amide bonds. The van der Waals surface area contributed by atoms with E-state index in [1.165, 1.54) is 6.07 Å². The first-order chi connectivity index (χ1) is 13.6. The molecule has 2 saturated heterocycles. The van der Waals surface area contributed by atoms with Gasteiger partial charge >= 0.3 is 0 Å². The molecule has 0 radical (unpaired) electrons. The molecule has 1 aromatic carbocycles. The van der Waals surface area contributed by atoms with Gasteiger partial charge in [-0.2, -0.15) is 0 Å². The molecule has 2 aliphatic heterocycles. The summed E-state index contributed by atoms with van der Waals surface area (Å²) in [6.07, 6.45) is 4.17. The predicted molar refractivity (Wildman–Crippen MR) is 108 cm³/mol. The van der Waals surface area contributed by atoms with Crippen molar-refractivity contribution in [2.45, 2.75) is 51.1 Å². The zero-order valence-electron chi connectivity index (χ0n) is 16.7. The normalized spacial score (nSPS) is 24.1. The number of nitrogens with zero attached hydrogens (tertiary/aromatic N) is 3. The van der Waals surface area contributed by atoms with Crippen LogP contribution in [0.4, 0.5) is 4.39 Å². The summed E-state index contributed by atoms with van der Waals surface area (Å²) in [5.41, 5.74) is 8.97. The van der Waals surface area contributed by atoms with E-state index in [2.05, 4.69) is 34.6 Å². The molecule has 0 bridgehead atoms. The Morgan fingerprint density at radius 3 is 2.79 bits per heavy atom. The number of aromatic nitrogens is 2. The predicted octanol–water partition coefficient (Wildman–Crippen LogP) is 3.21. The SMILES string of the molecule is CC(C)c1nccc(CN2CCC(C3NNCC3c3cccc(F)c3)CC2)n1. The van der Waals surface area contributed by atoms with Crippen molar-refractivity contribution < 1.29 is 4.39 Å². The van der Waals surface area contributed by atoms with Crippen molar-refractivity contribution in [3.8, 4) is 0 Å². The van der Waals surface area contributed by atoms with Crippen molar-refractivity contribution in [1.29, 1.82) is 0 Å². The van der Waals surface area contributed by atoms with Gasteiger partial charge in [-0.05, 0) is 55.6 Å². The molecule has 2 unspecified atom stereocenters. The third kappa shape index (κ3) is 4.40. The summed E-state index contributed by atoms with van der Waals surface area (Å²) in [6.45, 7) is 8.13. The van der Waals surface area contributed by atoms with Crippen molar-refractivity contribution in [2.24, 2.45) is 5.92 Å². The molecule has 6 heteroatoms.